The molecular formula is C9H9N3O3. The molecule has 0 saturated carbocycles. The molecule has 6 heteroatoms. The Kier molecular flexibility index (Phi) is 2.05. The molecule has 0 spiro atoms. The summed E-state index contributed by atoms with van der Waals surface area (Å²) in [5, 5.41) is 0. The minimum absolute atomic E-state index is 0.356. The van der Waals surface area contributed by atoms with Crippen LogP contribution < -0.4 is 17.2 Å². The standard InChI is InChI=1S/C9H9N3O3/c10-7(8(11)13)4-1-2-5-6(3-4)15-9(14)12-5/h1-3,7H,10H2,(H2,11,13)(H,12,14). The molecule has 78 valence electrons. The Labute approximate surface area is 83.9 Å². The highest BCUT2D eigenvalue weighted by atomic mass is 16.4. The number of hydrogen-bond donors (Lipinski definition) is 3. The van der Waals surface area contributed by atoms with Gasteiger partial charge < -0.3 is 15.9 Å². The lowest BCUT2D eigenvalue weighted by atomic mass is 10.1. The maximum atomic E-state index is 10.9. The van der Waals surface area contributed by atoms with E-state index < -0.39 is 17.7 Å². The van der Waals surface area contributed by atoms with Crippen LogP contribution in [0.1, 0.15) is 11.6 Å². The van der Waals surface area contributed by atoms with E-state index in [9.17, 15) is 9.59 Å². The van der Waals surface area contributed by atoms with Crippen molar-refractivity contribution in [1.29, 1.82) is 0 Å². The third kappa shape index (κ3) is 1.62. The highest BCUT2D eigenvalue weighted by molar-refractivity contribution is 5.83. The van der Waals surface area contributed by atoms with Crippen molar-refractivity contribution in [3.05, 3.63) is 34.3 Å². The molecule has 1 atom stereocenters. The number of carbonyl (C=O) groups excluding carboxylic acids is 1. The molecule has 5 N–H and O–H groups in total. The predicted octanol–water partition coefficient (Wildman–Crippen LogP) is -0.394. The van der Waals surface area contributed by atoms with Gasteiger partial charge in [0, 0.05) is 0 Å². The van der Waals surface area contributed by atoms with Gasteiger partial charge in [-0.15, -0.1) is 0 Å². The minimum atomic E-state index is -0.894. The summed E-state index contributed by atoms with van der Waals surface area (Å²) in [4.78, 5) is 24.2. The van der Waals surface area contributed by atoms with E-state index >= 15 is 0 Å². The molecule has 2 aromatic rings. The number of hydrogen-bond acceptors (Lipinski definition) is 4. The minimum Gasteiger partial charge on any atom is -0.408 e. The fourth-order valence-corrected chi connectivity index (χ4v) is 1.32. The van der Waals surface area contributed by atoms with E-state index in [2.05, 4.69) is 4.98 Å². The topological polar surface area (TPSA) is 115 Å². The van der Waals surface area contributed by atoms with Gasteiger partial charge in [-0.1, -0.05) is 6.07 Å². The molecule has 2 rings (SSSR count). The van der Waals surface area contributed by atoms with Crippen LogP contribution in [-0.2, 0) is 4.79 Å². The Balaban J connectivity index is 2.55. The zero-order valence-corrected chi connectivity index (χ0v) is 7.69. The van der Waals surface area contributed by atoms with Gasteiger partial charge in [-0.2, -0.15) is 0 Å². The van der Waals surface area contributed by atoms with E-state index in [0.717, 1.165) is 0 Å². The molecule has 6 nitrogen and oxygen atoms in total. The van der Waals surface area contributed by atoms with Gasteiger partial charge in [-0.25, -0.2) is 4.79 Å². The summed E-state index contributed by atoms with van der Waals surface area (Å²) >= 11 is 0. The lowest BCUT2D eigenvalue weighted by Gasteiger charge is -2.06. The van der Waals surface area contributed by atoms with Gasteiger partial charge in [-0.3, -0.25) is 9.78 Å². The zero-order valence-electron chi connectivity index (χ0n) is 7.69. The first-order valence-corrected chi connectivity index (χ1v) is 4.25. The summed E-state index contributed by atoms with van der Waals surface area (Å²) in [6, 6.07) is 3.85. The van der Waals surface area contributed by atoms with E-state index in [4.69, 9.17) is 15.9 Å². The van der Waals surface area contributed by atoms with Crippen molar-refractivity contribution in [3.8, 4) is 0 Å². The second-order valence-corrected chi connectivity index (χ2v) is 3.15. The number of aromatic amines is 1. The molecule has 1 heterocycles. The number of benzene rings is 1. The van der Waals surface area contributed by atoms with Crippen LogP contribution in [0, 0.1) is 0 Å². The van der Waals surface area contributed by atoms with Crippen LogP contribution in [0.4, 0.5) is 0 Å². The number of H-pyrrole nitrogens is 1. The highest BCUT2D eigenvalue weighted by Gasteiger charge is 2.13. The number of nitrogens with two attached hydrogens (primary N) is 2. The second-order valence-electron chi connectivity index (χ2n) is 3.15. The average molecular weight is 207 g/mol. The maximum Gasteiger partial charge on any atom is 0.417 e. The highest BCUT2D eigenvalue weighted by Crippen LogP contribution is 2.16. The smallest absolute Gasteiger partial charge is 0.408 e. The summed E-state index contributed by atoms with van der Waals surface area (Å²) in [5.41, 5.74) is 12.0. The van der Waals surface area contributed by atoms with Crippen LogP contribution in [0.25, 0.3) is 11.1 Å². The quantitative estimate of drug-likeness (QED) is 0.621. The molecule has 1 amide bonds. The Morgan fingerprint density at radius 1 is 1.47 bits per heavy atom. The summed E-state index contributed by atoms with van der Waals surface area (Å²) < 4.78 is 4.82. The van der Waals surface area contributed by atoms with Crippen LogP contribution in [0.2, 0.25) is 0 Å². The van der Waals surface area contributed by atoms with E-state index in [-0.39, 0.29) is 0 Å². The zero-order chi connectivity index (χ0) is 11.0. The number of oxazole rings is 1. The first-order chi connectivity index (χ1) is 7.08. The number of nitrogens with one attached hydrogen (secondary N) is 1. The van der Waals surface area contributed by atoms with Crippen molar-refractivity contribution in [3.63, 3.8) is 0 Å². The second kappa shape index (κ2) is 3.25. The molecule has 0 aliphatic carbocycles. The summed E-state index contributed by atoms with van der Waals surface area (Å²) in [6.45, 7) is 0. The van der Waals surface area contributed by atoms with Gasteiger partial charge in [0.15, 0.2) is 5.58 Å². The normalized spacial score (nSPS) is 12.9. The van der Waals surface area contributed by atoms with Crippen molar-refractivity contribution in [2.75, 3.05) is 0 Å². The first-order valence-electron chi connectivity index (χ1n) is 4.25. The van der Waals surface area contributed by atoms with Crippen LogP contribution in [-0.4, -0.2) is 10.9 Å². The molecule has 0 fully saturated rings. The molecule has 0 saturated heterocycles. The van der Waals surface area contributed by atoms with Crippen LogP contribution >= 0.6 is 0 Å². The predicted molar refractivity (Wildman–Crippen MR) is 53.0 cm³/mol. The third-order valence-corrected chi connectivity index (χ3v) is 2.11. The van der Waals surface area contributed by atoms with Gasteiger partial charge >= 0.3 is 5.76 Å². The Morgan fingerprint density at radius 3 is 2.87 bits per heavy atom. The molecule has 1 aromatic carbocycles. The fraction of sp³-hybridized carbons (Fsp3) is 0.111. The molecule has 1 unspecified atom stereocenters. The van der Waals surface area contributed by atoms with Crippen molar-refractivity contribution in [1.82, 2.24) is 4.98 Å². The molecule has 0 aliphatic heterocycles. The number of primary amides is 1. The average Bonchev–Trinajstić information content (AvgIpc) is 2.55. The van der Waals surface area contributed by atoms with Crippen molar-refractivity contribution < 1.29 is 9.21 Å². The van der Waals surface area contributed by atoms with E-state index in [1.54, 1.807) is 12.1 Å². The monoisotopic (exact) mass is 207 g/mol. The SMILES string of the molecule is NC(=O)C(N)c1ccc2[nH]c(=O)oc2c1. The molecule has 0 bridgehead atoms. The van der Waals surface area contributed by atoms with Crippen molar-refractivity contribution in [2.24, 2.45) is 11.5 Å². The van der Waals surface area contributed by atoms with Gasteiger partial charge in [0.05, 0.1) is 5.52 Å². The Bertz CT molecular complexity index is 569. The van der Waals surface area contributed by atoms with Gasteiger partial charge in [-0.05, 0) is 17.7 Å². The number of fused-ring (bicyclic) bond motifs is 1. The van der Waals surface area contributed by atoms with Crippen molar-refractivity contribution >= 4 is 17.0 Å². The fourth-order valence-electron chi connectivity index (χ4n) is 1.32. The molecular weight excluding hydrogens is 198 g/mol. The van der Waals surface area contributed by atoms with E-state index in [1.165, 1.54) is 6.07 Å². The van der Waals surface area contributed by atoms with Crippen LogP contribution in [0.5, 0.6) is 0 Å². The number of aromatic nitrogens is 1. The van der Waals surface area contributed by atoms with Gasteiger partial charge in [0.2, 0.25) is 5.91 Å². The number of carbonyl (C=O) groups is 1. The third-order valence-electron chi connectivity index (χ3n) is 2.11. The van der Waals surface area contributed by atoms with E-state index in [1.807, 2.05) is 0 Å². The Morgan fingerprint density at radius 2 is 2.20 bits per heavy atom. The van der Waals surface area contributed by atoms with Gasteiger partial charge in [0.25, 0.3) is 0 Å². The lowest BCUT2D eigenvalue weighted by Crippen LogP contribution is -2.28. The van der Waals surface area contributed by atoms with Crippen LogP contribution in [0.15, 0.2) is 27.4 Å². The molecule has 15 heavy (non-hydrogen) atoms. The molecule has 1 aromatic heterocycles. The van der Waals surface area contributed by atoms with E-state index in [0.29, 0.717) is 16.7 Å². The van der Waals surface area contributed by atoms with Gasteiger partial charge in [0.1, 0.15) is 6.04 Å². The number of amides is 1. The number of rotatable bonds is 2. The summed E-state index contributed by atoms with van der Waals surface area (Å²) in [6.07, 6.45) is 0. The lowest BCUT2D eigenvalue weighted by molar-refractivity contribution is -0.119. The largest absolute Gasteiger partial charge is 0.417 e. The summed E-state index contributed by atoms with van der Waals surface area (Å²) in [5.74, 6) is -1.18. The summed E-state index contributed by atoms with van der Waals surface area (Å²) in [7, 11) is 0. The maximum absolute atomic E-state index is 10.9. The Hall–Kier alpha value is -2.08. The van der Waals surface area contributed by atoms with Crippen molar-refractivity contribution in [2.45, 2.75) is 6.04 Å². The molecule has 0 aliphatic rings. The molecule has 0 radical (unpaired) electrons. The first kappa shape index (κ1) is 9.47. The van der Waals surface area contributed by atoms with Crippen LogP contribution in [0.3, 0.4) is 0 Å².